The average Bonchev–Trinajstić information content (AvgIpc) is 2.45. The summed E-state index contributed by atoms with van der Waals surface area (Å²) < 4.78 is 14.4. The van der Waals surface area contributed by atoms with E-state index in [9.17, 15) is 4.39 Å². The molecule has 1 atom stereocenters. The van der Waals surface area contributed by atoms with Crippen LogP contribution in [0.3, 0.4) is 0 Å². The third kappa shape index (κ3) is 4.08. The third-order valence-electron chi connectivity index (χ3n) is 3.16. The van der Waals surface area contributed by atoms with Gasteiger partial charge in [0.2, 0.25) is 0 Å². The second kappa shape index (κ2) is 7.25. The van der Waals surface area contributed by atoms with E-state index in [0.717, 1.165) is 15.8 Å². The minimum Gasteiger partial charge on any atom is -0.312 e. The van der Waals surface area contributed by atoms with Crippen LogP contribution in [0.5, 0.6) is 0 Å². The lowest BCUT2D eigenvalue weighted by atomic mass is 10.1. The van der Waals surface area contributed by atoms with Crippen molar-refractivity contribution in [1.29, 1.82) is 0 Å². The normalized spacial score (nSPS) is 12.4. The number of rotatable bonds is 5. The Morgan fingerprint density at radius 2 is 1.90 bits per heavy atom. The Morgan fingerprint density at radius 3 is 2.50 bits per heavy atom. The highest BCUT2D eigenvalue weighted by Gasteiger charge is 2.11. The van der Waals surface area contributed by atoms with Crippen LogP contribution in [0.15, 0.2) is 51.8 Å². The molecule has 2 aromatic carbocycles. The summed E-state index contributed by atoms with van der Waals surface area (Å²) >= 11 is 5.22. The van der Waals surface area contributed by atoms with Gasteiger partial charge in [0.25, 0.3) is 0 Å². The zero-order chi connectivity index (χ0) is 14.5. The lowest BCUT2D eigenvalue weighted by molar-refractivity contribution is 0.611. The average molecular weight is 354 g/mol. The van der Waals surface area contributed by atoms with Gasteiger partial charge in [-0.15, -0.1) is 11.8 Å². The molecule has 0 heterocycles. The first-order valence-corrected chi connectivity index (χ1v) is 8.19. The SMILES string of the molecule is CNC(CSc1ccc(Br)cc1)c1ccc(F)c(C)c1. The van der Waals surface area contributed by atoms with Crippen molar-refractivity contribution in [2.24, 2.45) is 0 Å². The lowest BCUT2D eigenvalue weighted by Crippen LogP contribution is -2.18. The molecule has 0 aliphatic rings. The maximum atomic E-state index is 13.3. The Morgan fingerprint density at radius 1 is 1.20 bits per heavy atom. The fourth-order valence-electron chi connectivity index (χ4n) is 1.94. The summed E-state index contributed by atoms with van der Waals surface area (Å²) in [4.78, 5) is 1.23. The molecule has 2 rings (SSSR count). The van der Waals surface area contributed by atoms with Crippen molar-refractivity contribution in [3.63, 3.8) is 0 Å². The molecule has 0 aliphatic carbocycles. The third-order valence-corrected chi connectivity index (χ3v) is 4.80. The maximum absolute atomic E-state index is 13.3. The summed E-state index contributed by atoms with van der Waals surface area (Å²) in [7, 11) is 1.94. The van der Waals surface area contributed by atoms with E-state index >= 15 is 0 Å². The molecule has 2 aromatic rings. The predicted octanol–water partition coefficient (Wildman–Crippen LogP) is 4.95. The first kappa shape index (κ1) is 15.5. The molecule has 1 N–H and O–H groups in total. The van der Waals surface area contributed by atoms with Crippen molar-refractivity contribution < 1.29 is 4.39 Å². The van der Waals surface area contributed by atoms with Crippen molar-refractivity contribution >= 4 is 27.7 Å². The van der Waals surface area contributed by atoms with E-state index in [1.807, 2.05) is 31.3 Å². The van der Waals surface area contributed by atoms with Gasteiger partial charge in [0.05, 0.1) is 0 Å². The molecule has 0 saturated carbocycles. The van der Waals surface area contributed by atoms with Gasteiger partial charge in [-0.05, 0) is 55.4 Å². The Bertz CT molecular complexity index is 571. The van der Waals surface area contributed by atoms with Crippen LogP contribution < -0.4 is 5.32 Å². The predicted molar refractivity (Wildman–Crippen MR) is 87.8 cm³/mol. The van der Waals surface area contributed by atoms with Gasteiger partial charge in [0.15, 0.2) is 0 Å². The lowest BCUT2D eigenvalue weighted by Gasteiger charge is -2.17. The summed E-state index contributed by atoms with van der Waals surface area (Å²) in [5.74, 6) is 0.757. The van der Waals surface area contributed by atoms with E-state index in [4.69, 9.17) is 0 Å². The van der Waals surface area contributed by atoms with Crippen molar-refractivity contribution in [2.75, 3.05) is 12.8 Å². The molecule has 4 heteroatoms. The largest absolute Gasteiger partial charge is 0.312 e. The smallest absolute Gasteiger partial charge is 0.126 e. The molecule has 1 nitrogen and oxygen atoms in total. The Balaban J connectivity index is 2.05. The molecule has 0 amide bonds. The first-order chi connectivity index (χ1) is 9.60. The first-order valence-electron chi connectivity index (χ1n) is 6.42. The maximum Gasteiger partial charge on any atom is 0.126 e. The molecule has 0 fully saturated rings. The number of thioether (sulfide) groups is 1. The summed E-state index contributed by atoms with van der Waals surface area (Å²) in [6, 6.07) is 13.8. The van der Waals surface area contributed by atoms with Crippen LogP contribution in [-0.2, 0) is 0 Å². The van der Waals surface area contributed by atoms with E-state index in [2.05, 4.69) is 33.4 Å². The molecule has 0 spiro atoms. The van der Waals surface area contributed by atoms with Crippen LogP contribution in [-0.4, -0.2) is 12.8 Å². The molecule has 0 aromatic heterocycles. The second-order valence-electron chi connectivity index (χ2n) is 4.61. The van der Waals surface area contributed by atoms with E-state index in [-0.39, 0.29) is 11.9 Å². The molecular formula is C16H17BrFNS. The molecule has 106 valence electrons. The zero-order valence-electron chi connectivity index (χ0n) is 11.5. The number of aryl methyl sites for hydroxylation is 1. The standard InChI is InChI=1S/C16H17BrFNS/c1-11-9-12(3-8-15(11)18)16(19-2)10-20-14-6-4-13(17)5-7-14/h3-9,16,19H,10H2,1-2H3. The van der Waals surface area contributed by atoms with Crippen LogP contribution in [0.2, 0.25) is 0 Å². The molecule has 1 unspecified atom stereocenters. The highest BCUT2D eigenvalue weighted by molar-refractivity contribution is 9.10. The van der Waals surface area contributed by atoms with Crippen LogP contribution in [0, 0.1) is 12.7 Å². The summed E-state index contributed by atoms with van der Waals surface area (Å²) in [6.07, 6.45) is 0. The van der Waals surface area contributed by atoms with Gasteiger partial charge in [-0.2, -0.15) is 0 Å². The Kier molecular flexibility index (Phi) is 5.64. The second-order valence-corrected chi connectivity index (χ2v) is 6.62. The van der Waals surface area contributed by atoms with Crippen LogP contribution in [0.25, 0.3) is 0 Å². The quantitative estimate of drug-likeness (QED) is 0.763. The monoisotopic (exact) mass is 353 g/mol. The highest BCUT2D eigenvalue weighted by atomic mass is 79.9. The molecular weight excluding hydrogens is 337 g/mol. The van der Waals surface area contributed by atoms with E-state index in [1.54, 1.807) is 24.8 Å². The van der Waals surface area contributed by atoms with Gasteiger partial charge in [0.1, 0.15) is 5.82 Å². The highest BCUT2D eigenvalue weighted by Crippen LogP contribution is 2.26. The van der Waals surface area contributed by atoms with E-state index in [0.29, 0.717) is 5.56 Å². The van der Waals surface area contributed by atoms with E-state index < -0.39 is 0 Å². The van der Waals surface area contributed by atoms with Gasteiger partial charge in [0, 0.05) is 21.2 Å². The van der Waals surface area contributed by atoms with Crippen molar-refractivity contribution in [1.82, 2.24) is 5.32 Å². The number of hydrogen-bond donors (Lipinski definition) is 1. The van der Waals surface area contributed by atoms with E-state index in [1.165, 1.54) is 4.90 Å². The fraction of sp³-hybridized carbons (Fsp3) is 0.250. The molecule has 0 bridgehead atoms. The minimum absolute atomic E-state index is 0.149. The van der Waals surface area contributed by atoms with Crippen molar-refractivity contribution in [2.45, 2.75) is 17.9 Å². The Labute approximate surface area is 132 Å². The number of hydrogen-bond acceptors (Lipinski definition) is 2. The van der Waals surface area contributed by atoms with Gasteiger partial charge in [-0.3, -0.25) is 0 Å². The van der Waals surface area contributed by atoms with Crippen LogP contribution in [0.1, 0.15) is 17.2 Å². The van der Waals surface area contributed by atoms with Gasteiger partial charge in [-0.25, -0.2) is 4.39 Å². The van der Waals surface area contributed by atoms with Gasteiger partial charge < -0.3 is 5.32 Å². The van der Waals surface area contributed by atoms with Crippen molar-refractivity contribution in [3.8, 4) is 0 Å². The summed E-state index contributed by atoms with van der Waals surface area (Å²) in [5, 5.41) is 3.29. The number of halogens is 2. The zero-order valence-corrected chi connectivity index (χ0v) is 13.9. The minimum atomic E-state index is -0.149. The molecule has 0 aliphatic heterocycles. The number of nitrogens with one attached hydrogen (secondary N) is 1. The Hall–Kier alpha value is -0.840. The molecule has 0 saturated heterocycles. The van der Waals surface area contributed by atoms with Gasteiger partial charge in [-0.1, -0.05) is 28.1 Å². The summed E-state index contributed by atoms with van der Waals surface area (Å²) in [5.41, 5.74) is 1.81. The van der Waals surface area contributed by atoms with Gasteiger partial charge >= 0.3 is 0 Å². The van der Waals surface area contributed by atoms with Crippen LogP contribution in [0.4, 0.5) is 4.39 Å². The molecule has 0 radical (unpaired) electrons. The van der Waals surface area contributed by atoms with Crippen molar-refractivity contribution in [3.05, 3.63) is 63.9 Å². The van der Waals surface area contributed by atoms with Crippen LogP contribution >= 0.6 is 27.7 Å². The summed E-state index contributed by atoms with van der Waals surface area (Å²) in [6.45, 7) is 1.80. The number of benzene rings is 2. The molecule has 20 heavy (non-hydrogen) atoms. The fourth-order valence-corrected chi connectivity index (χ4v) is 3.25. The topological polar surface area (TPSA) is 12.0 Å².